The van der Waals surface area contributed by atoms with Gasteiger partial charge < -0.3 is 9.47 Å². The first-order valence-corrected chi connectivity index (χ1v) is 34.7. The fraction of sp³-hybridized carbons (Fsp3) is 0.273. The molecule has 0 amide bonds. The highest BCUT2D eigenvalue weighted by molar-refractivity contribution is 7.49. The van der Waals surface area contributed by atoms with Crippen molar-refractivity contribution in [3.63, 3.8) is 0 Å². The Morgan fingerprint density at radius 1 is 0.318 bits per heavy atom. The van der Waals surface area contributed by atoms with E-state index in [2.05, 4.69) is 0 Å². The molecular weight excluding hydrogens is 1200 g/mol. The smallest absolute Gasteiger partial charge is 0.343 e. The number of hydrogen-bond acceptors (Lipinski definition) is 18. The van der Waals surface area contributed by atoms with E-state index in [-0.39, 0.29) is 59.3 Å². The number of benzene rings is 8. The van der Waals surface area contributed by atoms with Crippen molar-refractivity contribution in [3.8, 4) is 0 Å². The summed E-state index contributed by atoms with van der Waals surface area (Å²) in [5, 5.41) is 0. The van der Waals surface area contributed by atoms with Crippen LogP contribution in [0.25, 0.3) is 0 Å². The molecule has 0 unspecified atom stereocenters. The van der Waals surface area contributed by atoms with Gasteiger partial charge >= 0.3 is 31.3 Å². The van der Waals surface area contributed by atoms with Crippen LogP contribution in [0, 0.1) is 0 Å². The topological polar surface area (TPSA) is 197 Å². The largest absolute Gasteiger partial charge is 0.475 e. The van der Waals surface area contributed by atoms with Crippen LogP contribution in [-0.4, -0.2) is 42.4 Å². The van der Waals surface area contributed by atoms with Gasteiger partial charge in [0.15, 0.2) is 6.29 Å². The molecule has 3 aliphatic rings. The van der Waals surface area contributed by atoms with Crippen molar-refractivity contribution in [2.45, 2.75) is 115 Å². The highest BCUT2D eigenvalue weighted by Crippen LogP contribution is 2.66. The molecule has 2 saturated heterocycles. The Labute approximate surface area is 512 Å². The average Bonchev–Trinajstić information content (AvgIpc) is 1.44. The van der Waals surface area contributed by atoms with Crippen molar-refractivity contribution in [1.29, 1.82) is 0 Å². The van der Waals surface area contributed by atoms with Crippen molar-refractivity contribution in [3.05, 3.63) is 287 Å². The van der Waals surface area contributed by atoms with Crippen LogP contribution in [0.1, 0.15) is 63.8 Å². The minimum Gasteiger partial charge on any atom is -0.343 e. The predicted octanol–water partition coefficient (Wildman–Crippen LogP) is 16.4. The first-order valence-electron chi connectivity index (χ1n) is 28.9. The first-order chi connectivity index (χ1) is 42.9. The summed E-state index contributed by atoms with van der Waals surface area (Å²) in [6, 6.07) is 71.5. The minimum atomic E-state index is -5.12. The Hall–Kier alpha value is -5.88. The maximum absolute atomic E-state index is 16.3. The van der Waals surface area contributed by atoms with Gasteiger partial charge in [-0.3, -0.25) is 54.3 Å². The van der Waals surface area contributed by atoms with Crippen molar-refractivity contribution >= 4 is 31.3 Å². The van der Waals surface area contributed by atoms with Crippen LogP contribution in [0.3, 0.4) is 0 Å². The van der Waals surface area contributed by atoms with E-state index < -0.39 is 73.7 Å². The number of ether oxygens (including phenoxy) is 2. The van der Waals surface area contributed by atoms with Gasteiger partial charge in [-0.05, 0) is 63.8 Å². The number of rotatable bonds is 32. The van der Waals surface area contributed by atoms with E-state index in [0.717, 1.165) is 0 Å². The summed E-state index contributed by atoms with van der Waals surface area (Å²) in [6.07, 6.45) is -9.63. The molecule has 460 valence electrons. The van der Waals surface area contributed by atoms with Gasteiger partial charge in [-0.15, -0.1) is 0 Å². The summed E-state index contributed by atoms with van der Waals surface area (Å²) < 4.78 is 157. The molecule has 2 aliphatic heterocycles. The number of phosphoric ester groups is 4. The molecule has 11 rings (SSSR count). The lowest BCUT2D eigenvalue weighted by Gasteiger charge is -2.53. The molecule has 8 aromatic carbocycles. The van der Waals surface area contributed by atoms with E-state index in [1.54, 1.807) is 194 Å². The summed E-state index contributed by atoms with van der Waals surface area (Å²) in [5.41, 5.74) is 2.85. The van der Waals surface area contributed by atoms with Gasteiger partial charge in [0.05, 0.1) is 52.9 Å². The quantitative estimate of drug-likeness (QED) is 0.0360. The third kappa shape index (κ3) is 17.3. The lowest BCUT2D eigenvalue weighted by molar-refractivity contribution is -0.230. The summed E-state index contributed by atoms with van der Waals surface area (Å²) >= 11 is 0. The Bertz CT molecular complexity index is 3420. The average molecular weight is 1270 g/mol. The highest BCUT2D eigenvalue weighted by Gasteiger charge is 2.72. The molecular formula is C66H68O18P4. The summed E-state index contributed by atoms with van der Waals surface area (Å²) in [4.78, 5) is 0. The molecule has 1 spiro atoms. The monoisotopic (exact) mass is 1270 g/mol. The lowest BCUT2D eigenvalue weighted by Crippen LogP contribution is -2.71. The molecule has 1 saturated carbocycles. The Morgan fingerprint density at radius 3 is 0.830 bits per heavy atom. The summed E-state index contributed by atoms with van der Waals surface area (Å²) in [7, 11) is -20.2. The highest BCUT2D eigenvalue weighted by atomic mass is 31.2. The van der Waals surface area contributed by atoms with Crippen LogP contribution < -0.4 is 0 Å². The van der Waals surface area contributed by atoms with E-state index >= 15 is 18.3 Å². The fourth-order valence-electron chi connectivity index (χ4n) is 10.3. The third-order valence-electron chi connectivity index (χ3n) is 14.7. The second kappa shape index (κ2) is 30.3. The maximum atomic E-state index is 16.3. The molecule has 2 bridgehead atoms. The second-order valence-electron chi connectivity index (χ2n) is 21.0. The van der Waals surface area contributed by atoms with Crippen LogP contribution in [0.5, 0.6) is 0 Å². The normalized spacial score (nSPS) is 21.2. The van der Waals surface area contributed by atoms with Gasteiger partial charge in [0.1, 0.15) is 36.1 Å². The van der Waals surface area contributed by atoms with Gasteiger partial charge in [0.25, 0.3) is 0 Å². The maximum Gasteiger partial charge on any atom is 0.475 e. The first kappa shape index (κ1) is 63.7. The van der Waals surface area contributed by atoms with E-state index in [1.165, 1.54) is 0 Å². The number of fused-ring (bicyclic) bond motifs is 1. The van der Waals surface area contributed by atoms with E-state index in [1.807, 2.05) is 48.5 Å². The lowest BCUT2D eigenvalue weighted by atomic mass is 9.72. The van der Waals surface area contributed by atoms with Crippen LogP contribution in [0.4, 0.5) is 0 Å². The minimum absolute atomic E-state index is 0.0371. The van der Waals surface area contributed by atoms with Crippen LogP contribution >= 0.6 is 31.3 Å². The molecule has 7 atom stereocenters. The van der Waals surface area contributed by atoms with E-state index in [9.17, 15) is 0 Å². The van der Waals surface area contributed by atoms with Gasteiger partial charge in [0, 0.05) is 0 Å². The van der Waals surface area contributed by atoms with Crippen molar-refractivity contribution in [1.82, 2.24) is 0 Å². The molecule has 1 aliphatic carbocycles. The molecule has 0 radical (unpaired) electrons. The van der Waals surface area contributed by atoms with Crippen LogP contribution in [-0.2, 0) is 135 Å². The molecule has 2 heterocycles. The van der Waals surface area contributed by atoms with Crippen LogP contribution in [0.2, 0.25) is 0 Å². The number of phosphoric acid groups is 4. The van der Waals surface area contributed by atoms with Crippen molar-refractivity contribution < 1.29 is 82.0 Å². The van der Waals surface area contributed by atoms with Crippen molar-refractivity contribution in [2.24, 2.45) is 0 Å². The predicted molar refractivity (Wildman–Crippen MR) is 326 cm³/mol. The zero-order valence-corrected chi connectivity index (χ0v) is 51.6. The van der Waals surface area contributed by atoms with Crippen molar-refractivity contribution in [2.75, 3.05) is 0 Å². The molecule has 18 nitrogen and oxygen atoms in total. The SMILES string of the molecule is O=P(OCc1ccccc1)(OCc1ccccc1)O[C@@H]1[C@@H](OP(=O)(OCc2ccccc2)OCc2ccccc2)[C@@H]2O[C@H]3CCC[C@@]2(O3)[C@H](OP(=O)(OCc2ccccc2)OCc2ccccc2)[C@H]1OP(=O)(OCc1ccccc1)OCc1ccccc1. The van der Waals surface area contributed by atoms with Crippen LogP contribution in [0.15, 0.2) is 243 Å². The Kier molecular flexibility index (Phi) is 21.9. The standard InChI is InChI=1S/C66H68O18P4/c67-85(71-44-52-26-9-1-10-27-52,72-45-53-28-11-2-12-29-53)81-61-62(82-86(68,73-46-54-30-13-3-14-31-54)74-47-55-32-15-4-16-33-55)64-66(43-25-42-60(79-64)80-66)65(84-88(70,77-50-58-38-21-7-22-39-58)78-51-59-40-23-8-24-41-59)63(61)83-87(69,75-48-56-34-17-5-18-35-56)76-49-57-36-19-6-20-37-57/h1-24,26-41,60-65H,25,42-51H2/t60-,61-,62-,63+,64+,65-,66+/m1/s1. The molecule has 0 aromatic heterocycles. The second-order valence-corrected chi connectivity index (χ2v) is 27.5. The molecule has 0 N–H and O–H groups in total. The number of hydrogen-bond donors (Lipinski definition) is 0. The van der Waals surface area contributed by atoms with Gasteiger partial charge in [-0.1, -0.05) is 243 Å². The fourth-order valence-corrected chi connectivity index (χ4v) is 15.7. The molecule has 8 aromatic rings. The summed E-state index contributed by atoms with van der Waals surface area (Å²) in [6.45, 7) is -2.49. The van der Waals surface area contributed by atoms with Gasteiger partial charge in [-0.25, -0.2) is 18.3 Å². The van der Waals surface area contributed by atoms with Gasteiger partial charge in [-0.2, -0.15) is 0 Å². The third-order valence-corrected chi connectivity index (χ3v) is 20.3. The zero-order valence-electron chi connectivity index (χ0n) is 48.0. The molecule has 22 heteroatoms. The Balaban J connectivity index is 1.09. The summed E-state index contributed by atoms with van der Waals surface area (Å²) in [5.74, 6) is 0. The van der Waals surface area contributed by atoms with E-state index in [0.29, 0.717) is 57.3 Å². The zero-order chi connectivity index (χ0) is 60.5. The Morgan fingerprint density at radius 2 is 0.557 bits per heavy atom. The molecule has 88 heavy (non-hydrogen) atoms. The van der Waals surface area contributed by atoms with E-state index in [4.69, 9.17) is 63.8 Å². The van der Waals surface area contributed by atoms with Gasteiger partial charge in [0.2, 0.25) is 0 Å². The molecule has 3 fully saturated rings.